The van der Waals surface area contributed by atoms with Crippen molar-refractivity contribution < 1.29 is 4.74 Å². The van der Waals surface area contributed by atoms with Crippen molar-refractivity contribution in [3.8, 4) is 0 Å². The van der Waals surface area contributed by atoms with Crippen molar-refractivity contribution in [2.75, 3.05) is 26.3 Å². The lowest BCUT2D eigenvalue weighted by Crippen LogP contribution is -2.64. The molecule has 0 aromatic carbocycles. The zero-order valence-corrected chi connectivity index (χ0v) is 12.1. The van der Waals surface area contributed by atoms with E-state index >= 15 is 0 Å². The van der Waals surface area contributed by atoms with Crippen molar-refractivity contribution in [1.29, 1.82) is 0 Å². The summed E-state index contributed by atoms with van der Waals surface area (Å²) in [6.45, 7) is 4.37. The SMILES string of the molecule is NNC(C1CCCOC1)C1(N2CCCC2)CCCC1. The molecule has 3 rings (SSSR count). The maximum Gasteiger partial charge on any atom is 0.0510 e. The largest absolute Gasteiger partial charge is 0.381 e. The first kappa shape index (κ1) is 13.8. The Kier molecular flexibility index (Phi) is 4.42. The molecule has 0 aromatic rings. The molecule has 1 saturated carbocycles. The summed E-state index contributed by atoms with van der Waals surface area (Å²) in [5.74, 6) is 6.60. The quantitative estimate of drug-likeness (QED) is 0.601. The maximum absolute atomic E-state index is 6.00. The zero-order chi connectivity index (χ0) is 13.1. The number of nitrogens with two attached hydrogens (primary N) is 1. The van der Waals surface area contributed by atoms with Gasteiger partial charge in [-0.1, -0.05) is 12.8 Å². The molecule has 2 aliphatic heterocycles. The van der Waals surface area contributed by atoms with Gasteiger partial charge in [0.15, 0.2) is 0 Å². The van der Waals surface area contributed by atoms with Crippen LogP contribution in [0.15, 0.2) is 0 Å². The number of likely N-dealkylation sites (tertiary alicyclic amines) is 1. The van der Waals surface area contributed by atoms with Crippen molar-refractivity contribution in [2.24, 2.45) is 11.8 Å². The summed E-state index contributed by atoms with van der Waals surface area (Å²) in [4.78, 5) is 2.75. The van der Waals surface area contributed by atoms with Gasteiger partial charge in [0.2, 0.25) is 0 Å². The van der Waals surface area contributed by atoms with E-state index in [9.17, 15) is 0 Å². The van der Waals surface area contributed by atoms with Gasteiger partial charge in [0.1, 0.15) is 0 Å². The van der Waals surface area contributed by atoms with Gasteiger partial charge in [-0.05, 0) is 51.6 Å². The maximum atomic E-state index is 6.00. The summed E-state index contributed by atoms with van der Waals surface area (Å²) in [7, 11) is 0. The minimum atomic E-state index is 0.316. The molecular formula is C15H29N3O. The normalized spacial score (nSPS) is 33.6. The van der Waals surface area contributed by atoms with E-state index < -0.39 is 0 Å². The Labute approximate surface area is 117 Å². The van der Waals surface area contributed by atoms with Crippen LogP contribution in [-0.2, 0) is 4.74 Å². The summed E-state index contributed by atoms with van der Waals surface area (Å²) in [6.07, 6.45) is 10.5. The number of rotatable bonds is 4. The highest BCUT2D eigenvalue weighted by molar-refractivity contribution is 5.06. The predicted molar refractivity (Wildman–Crippen MR) is 76.7 cm³/mol. The lowest BCUT2D eigenvalue weighted by atomic mass is 9.77. The average molecular weight is 267 g/mol. The highest BCUT2D eigenvalue weighted by Crippen LogP contribution is 2.43. The fourth-order valence-corrected chi connectivity index (χ4v) is 4.73. The van der Waals surface area contributed by atoms with Crippen LogP contribution < -0.4 is 11.3 Å². The first-order valence-electron chi connectivity index (χ1n) is 8.16. The van der Waals surface area contributed by atoms with Crippen molar-refractivity contribution in [3.63, 3.8) is 0 Å². The highest BCUT2D eigenvalue weighted by atomic mass is 16.5. The summed E-state index contributed by atoms with van der Waals surface area (Å²) >= 11 is 0. The van der Waals surface area contributed by atoms with Crippen LogP contribution in [0.3, 0.4) is 0 Å². The molecule has 2 saturated heterocycles. The number of ether oxygens (including phenoxy) is 1. The molecule has 3 aliphatic rings. The first-order valence-corrected chi connectivity index (χ1v) is 8.16. The molecule has 0 radical (unpaired) electrons. The third-order valence-corrected chi connectivity index (χ3v) is 5.63. The third kappa shape index (κ3) is 2.56. The van der Waals surface area contributed by atoms with Gasteiger partial charge >= 0.3 is 0 Å². The van der Waals surface area contributed by atoms with E-state index in [-0.39, 0.29) is 0 Å². The summed E-state index contributed by atoms with van der Waals surface area (Å²) in [5.41, 5.74) is 3.53. The second-order valence-corrected chi connectivity index (χ2v) is 6.63. The Balaban J connectivity index is 1.79. The van der Waals surface area contributed by atoms with Crippen LogP contribution in [-0.4, -0.2) is 42.8 Å². The molecular weight excluding hydrogens is 238 g/mol. The summed E-state index contributed by atoms with van der Waals surface area (Å²) in [5, 5.41) is 0. The average Bonchev–Trinajstić information content (AvgIpc) is 3.12. The van der Waals surface area contributed by atoms with Crippen LogP contribution >= 0.6 is 0 Å². The molecule has 3 N–H and O–H groups in total. The van der Waals surface area contributed by atoms with E-state index in [2.05, 4.69) is 10.3 Å². The van der Waals surface area contributed by atoms with Gasteiger partial charge < -0.3 is 4.74 Å². The van der Waals surface area contributed by atoms with Gasteiger partial charge in [0.25, 0.3) is 0 Å². The Morgan fingerprint density at radius 1 is 1.11 bits per heavy atom. The Morgan fingerprint density at radius 2 is 1.84 bits per heavy atom. The Bertz CT molecular complexity index is 279. The lowest BCUT2D eigenvalue weighted by molar-refractivity contribution is -0.0128. The van der Waals surface area contributed by atoms with Crippen LogP contribution in [0.5, 0.6) is 0 Å². The minimum Gasteiger partial charge on any atom is -0.381 e. The second-order valence-electron chi connectivity index (χ2n) is 6.63. The van der Waals surface area contributed by atoms with Gasteiger partial charge in [-0.15, -0.1) is 0 Å². The molecule has 0 bridgehead atoms. The predicted octanol–water partition coefficient (Wildman–Crippen LogP) is 1.65. The van der Waals surface area contributed by atoms with Gasteiger partial charge in [-0.2, -0.15) is 0 Å². The molecule has 2 unspecified atom stereocenters. The zero-order valence-electron chi connectivity index (χ0n) is 12.1. The number of hydrazine groups is 1. The van der Waals surface area contributed by atoms with Crippen molar-refractivity contribution in [2.45, 2.75) is 62.9 Å². The molecule has 3 fully saturated rings. The monoisotopic (exact) mass is 267 g/mol. The molecule has 0 amide bonds. The third-order valence-electron chi connectivity index (χ3n) is 5.63. The van der Waals surface area contributed by atoms with E-state index in [0.29, 0.717) is 17.5 Å². The molecule has 0 spiro atoms. The van der Waals surface area contributed by atoms with Crippen LogP contribution in [0.1, 0.15) is 51.4 Å². The van der Waals surface area contributed by atoms with Crippen molar-refractivity contribution in [3.05, 3.63) is 0 Å². The van der Waals surface area contributed by atoms with Crippen molar-refractivity contribution in [1.82, 2.24) is 10.3 Å². The van der Waals surface area contributed by atoms with Crippen LogP contribution in [0.4, 0.5) is 0 Å². The van der Waals surface area contributed by atoms with Gasteiger partial charge in [-0.3, -0.25) is 16.2 Å². The van der Waals surface area contributed by atoms with E-state index in [1.54, 1.807) is 0 Å². The van der Waals surface area contributed by atoms with Crippen LogP contribution in [0, 0.1) is 5.92 Å². The first-order chi connectivity index (χ1) is 9.37. The summed E-state index contributed by atoms with van der Waals surface area (Å²) in [6, 6.07) is 0.411. The fraction of sp³-hybridized carbons (Fsp3) is 1.00. The lowest BCUT2D eigenvalue weighted by Gasteiger charge is -2.48. The van der Waals surface area contributed by atoms with E-state index in [4.69, 9.17) is 10.6 Å². The topological polar surface area (TPSA) is 50.5 Å². The van der Waals surface area contributed by atoms with Gasteiger partial charge in [0.05, 0.1) is 6.61 Å². The Morgan fingerprint density at radius 3 is 2.42 bits per heavy atom. The number of nitrogens with zero attached hydrogens (tertiary/aromatic N) is 1. The van der Waals surface area contributed by atoms with E-state index in [0.717, 1.165) is 13.2 Å². The van der Waals surface area contributed by atoms with E-state index in [1.807, 2.05) is 0 Å². The molecule has 1 aliphatic carbocycles. The van der Waals surface area contributed by atoms with Gasteiger partial charge in [0, 0.05) is 24.1 Å². The molecule has 4 nitrogen and oxygen atoms in total. The second kappa shape index (κ2) is 6.08. The molecule has 0 aromatic heterocycles. The molecule has 110 valence electrons. The fourth-order valence-electron chi connectivity index (χ4n) is 4.73. The number of nitrogens with one attached hydrogen (secondary N) is 1. The summed E-state index contributed by atoms with van der Waals surface area (Å²) < 4.78 is 5.72. The van der Waals surface area contributed by atoms with Crippen LogP contribution in [0.25, 0.3) is 0 Å². The smallest absolute Gasteiger partial charge is 0.0510 e. The highest BCUT2D eigenvalue weighted by Gasteiger charge is 2.49. The number of hydrogen-bond donors (Lipinski definition) is 2. The Hall–Kier alpha value is -0.160. The minimum absolute atomic E-state index is 0.316. The standard InChI is InChI=1S/C15H29N3O/c16-17-14(13-6-5-11-19-12-13)15(7-1-2-8-15)18-9-3-4-10-18/h13-14,17H,1-12,16H2. The van der Waals surface area contributed by atoms with Crippen molar-refractivity contribution >= 4 is 0 Å². The number of hydrogen-bond acceptors (Lipinski definition) is 4. The van der Waals surface area contributed by atoms with Gasteiger partial charge in [-0.25, -0.2) is 0 Å². The molecule has 2 heterocycles. The van der Waals surface area contributed by atoms with E-state index in [1.165, 1.54) is 64.5 Å². The molecule has 4 heteroatoms. The van der Waals surface area contributed by atoms with Crippen LogP contribution in [0.2, 0.25) is 0 Å². The molecule has 2 atom stereocenters. The molecule has 19 heavy (non-hydrogen) atoms.